The van der Waals surface area contributed by atoms with Crippen molar-refractivity contribution < 1.29 is 0 Å². The molecule has 0 amide bonds. The first kappa shape index (κ1) is 13.1. The van der Waals surface area contributed by atoms with Crippen molar-refractivity contribution in [1.82, 2.24) is 10.2 Å². The van der Waals surface area contributed by atoms with Gasteiger partial charge in [0, 0.05) is 6.54 Å². The Morgan fingerprint density at radius 2 is 2.24 bits per heavy atom. The lowest BCUT2D eigenvalue weighted by atomic mass is 9.96. The number of nitrogens with one attached hydrogen (secondary N) is 1. The van der Waals surface area contributed by atoms with E-state index in [-0.39, 0.29) is 0 Å². The van der Waals surface area contributed by atoms with Crippen LogP contribution >= 0.6 is 11.3 Å². The van der Waals surface area contributed by atoms with E-state index in [0.717, 1.165) is 12.5 Å². The van der Waals surface area contributed by atoms with Gasteiger partial charge in [-0.3, -0.25) is 4.90 Å². The lowest BCUT2D eigenvalue weighted by Crippen LogP contribution is -2.36. The minimum Gasteiger partial charge on any atom is -0.316 e. The molecular weight excluding hydrogens is 228 g/mol. The molecule has 1 fully saturated rings. The van der Waals surface area contributed by atoms with Gasteiger partial charge in [0.2, 0.25) is 0 Å². The summed E-state index contributed by atoms with van der Waals surface area (Å²) < 4.78 is 0. The van der Waals surface area contributed by atoms with Crippen molar-refractivity contribution in [1.29, 1.82) is 0 Å². The average molecular weight is 252 g/mol. The second kappa shape index (κ2) is 7.14. The van der Waals surface area contributed by atoms with Crippen molar-refractivity contribution in [3.63, 3.8) is 0 Å². The van der Waals surface area contributed by atoms with Crippen LogP contribution in [0, 0.1) is 5.92 Å². The largest absolute Gasteiger partial charge is 0.316 e. The summed E-state index contributed by atoms with van der Waals surface area (Å²) >= 11 is 1.81. The Labute approximate surface area is 109 Å². The van der Waals surface area contributed by atoms with Gasteiger partial charge in [0.15, 0.2) is 0 Å². The highest BCUT2D eigenvalue weighted by Gasteiger charge is 2.18. The van der Waals surface area contributed by atoms with E-state index < -0.39 is 0 Å². The van der Waals surface area contributed by atoms with Gasteiger partial charge >= 0.3 is 0 Å². The van der Waals surface area contributed by atoms with Crippen molar-refractivity contribution in [3.8, 4) is 0 Å². The lowest BCUT2D eigenvalue weighted by Gasteiger charge is -2.31. The summed E-state index contributed by atoms with van der Waals surface area (Å²) in [6.45, 7) is 8.33. The van der Waals surface area contributed by atoms with Gasteiger partial charge in [-0.25, -0.2) is 0 Å². The van der Waals surface area contributed by atoms with Crippen LogP contribution in [-0.4, -0.2) is 31.1 Å². The maximum absolute atomic E-state index is 3.55. The minimum absolute atomic E-state index is 0.903. The van der Waals surface area contributed by atoms with Crippen LogP contribution in [0.25, 0.3) is 0 Å². The number of hydrogen-bond acceptors (Lipinski definition) is 3. The maximum atomic E-state index is 3.55. The minimum atomic E-state index is 0.903. The number of piperidine rings is 1. The molecule has 0 spiro atoms. The number of rotatable bonds is 6. The number of nitrogens with zero attached hydrogens (tertiary/aromatic N) is 1. The summed E-state index contributed by atoms with van der Waals surface area (Å²) in [4.78, 5) is 2.60. The second-order valence-corrected chi connectivity index (χ2v) is 5.84. The summed E-state index contributed by atoms with van der Waals surface area (Å²) in [6.07, 6.45) is 3.97. The zero-order chi connectivity index (χ0) is 11.9. The van der Waals surface area contributed by atoms with E-state index in [0.29, 0.717) is 0 Å². The molecule has 0 aliphatic carbocycles. The fraction of sp³-hybridized carbons (Fsp3) is 0.714. The maximum Gasteiger partial charge on any atom is 0.0241 e. The molecule has 96 valence electrons. The zero-order valence-corrected chi connectivity index (χ0v) is 11.6. The smallest absolute Gasteiger partial charge is 0.0241 e. The molecule has 1 aromatic heterocycles. The topological polar surface area (TPSA) is 15.3 Å². The summed E-state index contributed by atoms with van der Waals surface area (Å²) in [5, 5.41) is 8.00. The Bertz CT molecular complexity index is 289. The number of likely N-dealkylation sites (tertiary alicyclic amines) is 1. The summed E-state index contributed by atoms with van der Waals surface area (Å²) in [7, 11) is 0. The van der Waals surface area contributed by atoms with E-state index in [1.54, 1.807) is 11.3 Å². The van der Waals surface area contributed by atoms with Gasteiger partial charge in [0.05, 0.1) is 0 Å². The quantitative estimate of drug-likeness (QED) is 0.783. The third-order valence-electron chi connectivity index (χ3n) is 3.55. The van der Waals surface area contributed by atoms with Crippen LogP contribution in [0.2, 0.25) is 0 Å². The molecule has 2 heterocycles. The highest BCUT2D eigenvalue weighted by molar-refractivity contribution is 7.07. The highest BCUT2D eigenvalue weighted by atomic mass is 32.1. The Hall–Kier alpha value is -0.380. The van der Waals surface area contributed by atoms with Gasteiger partial charge in [-0.1, -0.05) is 6.92 Å². The molecule has 1 aliphatic rings. The standard InChI is InChI=1S/C14H24N2S/c1-2-6-15-10-13-3-7-16(8-4-13)11-14-5-9-17-12-14/h5,9,12-13,15H,2-4,6-8,10-11H2,1H3. The third kappa shape index (κ3) is 4.41. The van der Waals surface area contributed by atoms with E-state index in [1.165, 1.54) is 51.0 Å². The van der Waals surface area contributed by atoms with Crippen LogP contribution in [0.5, 0.6) is 0 Å². The van der Waals surface area contributed by atoms with Crippen LogP contribution in [-0.2, 0) is 6.54 Å². The fourth-order valence-corrected chi connectivity index (χ4v) is 3.13. The SMILES string of the molecule is CCCNCC1CCN(Cc2ccsc2)CC1. The molecule has 1 N–H and O–H groups in total. The Morgan fingerprint density at radius 3 is 2.88 bits per heavy atom. The summed E-state index contributed by atoms with van der Waals surface area (Å²) in [6, 6.07) is 2.25. The second-order valence-electron chi connectivity index (χ2n) is 5.06. The van der Waals surface area contributed by atoms with E-state index in [1.807, 2.05) is 0 Å². The normalized spacial score (nSPS) is 18.6. The van der Waals surface area contributed by atoms with Crippen LogP contribution < -0.4 is 5.32 Å². The molecule has 0 saturated carbocycles. The first-order chi connectivity index (χ1) is 8.38. The number of hydrogen-bond donors (Lipinski definition) is 1. The predicted octanol–water partition coefficient (Wildman–Crippen LogP) is 2.96. The van der Waals surface area contributed by atoms with Crippen LogP contribution in [0.1, 0.15) is 31.7 Å². The number of thiophene rings is 1. The molecule has 3 heteroatoms. The fourth-order valence-electron chi connectivity index (χ4n) is 2.47. The van der Waals surface area contributed by atoms with E-state index >= 15 is 0 Å². The summed E-state index contributed by atoms with van der Waals surface area (Å²) in [5.74, 6) is 0.903. The van der Waals surface area contributed by atoms with Gasteiger partial charge in [-0.2, -0.15) is 11.3 Å². The molecule has 1 aromatic rings. The van der Waals surface area contributed by atoms with Crippen LogP contribution in [0.3, 0.4) is 0 Å². The molecule has 0 unspecified atom stereocenters. The molecule has 2 nitrogen and oxygen atoms in total. The van der Waals surface area contributed by atoms with Crippen molar-refractivity contribution >= 4 is 11.3 Å². The Kier molecular flexibility index (Phi) is 5.49. The highest BCUT2D eigenvalue weighted by Crippen LogP contribution is 2.19. The third-order valence-corrected chi connectivity index (χ3v) is 4.29. The average Bonchev–Trinajstić information content (AvgIpc) is 2.85. The van der Waals surface area contributed by atoms with Crippen LogP contribution in [0.4, 0.5) is 0 Å². The molecule has 2 rings (SSSR count). The lowest BCUT2D eigenvalue weighted by molar-refractivity contribution is 0.176. The van der Waals surface area contributed by atoms with Crippen molar-refractivity contribution in [2.75, 3.05) is 26.2 Å². The van der Waals surface area contributed by atoms with Gasteiger partial charge < -0.3 is 5.32 Å². The van der Waals surface area contributed by atoms with Crippen LogP contribution in [0.15, 0.2) is 16.8 Å². The van der Waals surface area contributed by atoms with Crippen molar-refractivity contribution in [3.05, 3.63) is 22.4 Å². The van der Waals surface area contributed by atoms with E-state index in [2.05, 4.69) is 34.0 Å². The predicted molar refractivity (Wildman–Crippen MR) is 75.5 cm³/mol. The Balaban J connectivity index is 1.64. The Morgan fingerprint density at radius 1 is 1.41 bits per heavy atom. The molecule has 0 atom stereocenters. The molecule has 0 radical (unpaired) electrons. The monoisotopic (exact) mass is 252 g/mol. The molecule has 0 bridgehead atoms. The van der Waals surface area contributed by atoms with Crippen molar-refractivity contribution in [2.45, 2.75) is 32.7 Å². The molecule has 1 aliphatic heterocycles. The van der Waals surface area contributed by atoms with Gasteiger partial charge in [-0.05, 0) is 73.7 Å². The van der Waals surface area contributed by atoms with Gasteiger partial charge in [-0.15, -0.1) is 0 Å². The molecule has 1 saturated heterocycles. The zero-order valence-electron chi connectivity index (χ0n) is 10.8. The van der Waals surface area contributed by atoms with Gasteiger partial charge in [0.1, 0.15) is 0 Å². The summed E-state index contributed by atoms with van der Waals surface area (Å²) in [5.41, 5.74) is 1.48. The molecule has 0 aromatic carbocycles. The first-order valence-corrected chi connectivity index (χ1v) is 7.77. The van der Waals surface area contributed by atoms with E-state index in [9.17, 15) is 0 Å². The van der Waals surface area contributed by atoms with Gasteiger partial charge in [0.25, 0.3) is 0 Å². The molecular formula is C14H24N2S. The van der Waals surface area contributed by atoms with E-state index in [4.69, 9.17) is 0 Å². The first-order valence-electron chi connectivity index (χ1n) is 6.82. The van der Waals surface area contributed by atoms with Crippen molar-refractivity contribution in [2.24, 2.45) is 5.92 Å². The molecule has 17 heavy (non-hydrogen) atoms.